The lowest BCUT2D eigenvalue weighted by atomic mass is 10.4. The molecule has 106 valence electrons. The van der Waals surface area contributed by atoms with Crippen molar-refractivity contribution in [3.05, 3.63) is 16.0 Å². The molecule has 0 saturated carbocycles. The Morgan fingerprint density at radius 3 is 2.53 bits per heavy atom. The summed E-state index contributed by atoms with van der Waals surface area (Å²) in [5.41, 5.74) is 0.627. The molecular formula is C9H11ClN2O5S2. The van der Waals surface area contributed by atoms with Crippen molar-refractivity contribution < 1.29 is 23.1 Å². The van der Waals surface area contributed by atoms with Crippen LogP contribution in [-0.4, -0.2) is 38.5 Å². The molecule has 1 amide bonds. The quantitative estimate of drug-likeness (QED) is 0.690. The van der Waals surface area contributed by atoms with Crippen LogP contribution in [0.5, 0.6) is 0 Å². The maximum absolute atomic E-state index is 11.8. The van der Waals surface area contributed by atoms with Crippen LogP contribution in [-0.2, 0) is 19.6 Å². The molecule has 0 fully saturated rings. The summed E-state index contributed by atoms with van der Waals surface area (Å²) in [6.07, 6.45) is 0. The standard InChI is InChI=1S/C9H11ClN2O5S2/c1-5-2-8(18-9(5)10)19(16,17)12-3-6(13)11-4-7(14)15/h2,12H,3-4H2,1H3,(H,11,13)(H,14,15). The first-order chi connectivity index (χ1) is 8.72. The van der Waals surface area contributed by atoms with Crippen molar-refractivity contribution in [2.45, 2.75) is 11.1 Å². The molecule has 10 heteroatoms. The van der Waals surface area contributed by atoms with Gasteiger partial charge in [0.1, 0.15) is 10.8 Å². The lowest BCUT2D eigenvalue weighted by Gasteiger charge is -2.04. The molecule has 0 aromatic carbocycles. The zero-order valence-corrected chi connectivity index (χ0v) is 12.2. The highest BCUT2D eigenvalue weighted by Gasteiger charge is 2.19. The van der Waals surface area contributed by atoms with Gasteiger partial charge in [0.05, 0.1) is 10.9 Å². The molecule has 0 radical (unpaired) electrons. The van der Waals surface area contributed by atoms with E-state index >= 15 is 0 Å². The van der Waals surface area contributed by atoms with Crippen LogP contribution in [0.25, 0.3) is 0 Å². The second-order valence-corrected chi connectivity index (χ2v) is 7.17. The van der Waals surface area contributed by atoms with Crippen molar-refractivity contribution in [2.24, 2.45) is 0 Å². The van der Waals surface area contributed by atoms with Gasteiger partial charge in [-0.3, -0.25) is 9.59 Å². The third-order valence-corrected chi connectivity index (χ3v) is 5.39. The van der Waals surface area contributed by atoms with Crippen LogP contribution in [0, 0.1) is 6.92 Å². The van der Waals surface area contributed by atoms with Crippen molar-refractivity contribution in [3.8, 4) is 0 Å². The van der Waals surface area contributed by atoms with E-state index in [-0.39, 0.29) is 4.21 Å². The van der Waals surface area contributed by atoms with Gasteiger partial charge >= 0.3 is 5.97 Å². The first-order valence-electron chi connectivity index (χ1n) is 4.96. The van der Waals surface area contributed by atoms with E-state index < -0.39 is 35.0 Å². The number of halogens is 1. The lowest BCUT2D eigenvalue weighted by molar-refractivity contribution is -0.137. The number of sulfonamides is 1. The van der Waals surface area contributed by atoms with Crippen molar-refractivity contribution in [2.75, 3.05) is 13.1 Å². The van der Waals surface area contributed by atoms with Crippen LogP contribution in [0.1, 0.15) is 5.56 Å². The minimum Gasteiger partial charge on any atom is -0.480 e. The lowest BCUT2D eigenvalue weighted by Crippen LogP contribution is -2.38. The summed E-state index contributed by atoms with van der Waals surface area (Å²) in [6.45, 7) is 0.562. The van der Waals surface area contributed by atoms with Gasteiger partial charge in [-0.25, -0.2) is 13.1 Å². The monoisotopic (exact) mass is 326 g/mol. The number of thiophene rings is 1. The SMILES string of the molecule is Cc1cc(S(=O)(=O)NCC(=O)NCC(=O)O)sc1Cl. The topological polar surface area (TPSA) is 113 Å². The molecule has 0 spiro atoms. The van der Waals surface area contributed by atoms with Crippen LogP contribution in [0.2, 0.25) is 4.34 Å². The zero-order valence-electron chi connectivity index (χ0n) is 9.77. The highest BCUT2D eigenvalue weighted by Crippen LogP contribution is 2.29. The number of aryl methyl sites for hydroxylation is 1. The highest BCUT2D eigenvalue weighted by atomic mass is 35.5. The first kappa shape index (κ1) is 15.9. The van der Waals surface area contributed by atoms with Gasteiger partial charge < -0.3 is 10.4 Å². The van der Waals surface area contributed by atoms with Crippen molar-refractivity contribution in [3.63, 3.8) is 0 Å². The van der Waals surface area contributed by atoms with E-state index in [0.29, 0.717) is 9.90 Å². The average molecular weight is 327 g/mol. The predicted octanol–water partition coefficient (Wildman–Crippen LogP) is 0.189. The van der Waals surface area contributed by atoms with Gasteiger partial charge in [-0.15, -0.1) is 11.3 Å². The molecule has 1 aromatic rings. The molecule has 0 saturated heterocycles. The maximum Gasteiger partial charge on any atom is 0.322 e. The molecule has 0 atom stereocenters. The molecule has 0 aliphatic carbocycles. The van der Waals surface area contributed by atoms with Crippen molar-refractivity contribution in [1.82, 2.24) is 10.0 Å². The summed E-state index contributed by atoms with van der Waals surface area (Å²) in [5, 5.41) is 10.4. The smallest absolute Gasteiger partial charge is 0.322 e. The Morgan fingerprint density at radius 2 is 2.05 bits per heavy atom. The summed E-state index contributed by atoms with van der Waals surface area (Å²) < 4.78 is 26.0. The number of hydrogen-bond donors (Lipinski definition) is 3. The highest BCUT2D eigenvalue weighted by molar-refractivity contribution is 7.91. The Bertz CT molecular complexity index is 576. The van der Waals surface area contributed by atoms with Gasteiger partial charge in [-0.1, -0.05) is 11.6 Å². The molecule has 0 unspecified atom stereocenters. The Morgan fingerprint density at radius 1 is 1.42 bits per heavy atom. The number of carbonyl (C=O) groups is 2. The molecule has 0 aliphatic rings. The average Bonchev–Trinajstić information content (AvgIpc) is 2.65. The fraction of sp³-hybridized carbons (Fsp3) is 0.333. The molecule has 19 heavy (non-hydrogen) atoms. The number of aliphatic carboxylic acids is 1. The van der Waals surface area contributed by atoms with Crippen LogP contribution in [0.15, 0.2) is 10.3 Å². The van der Waals surface area contributed by atoms with Gasteiger partial charge in [0.2, 0.25) is 5.91 Å². The number of hydrogen-bond acceptors (Lipinski definition) is 5. The second-order valence-electron chi connectivity index (χ2n) is 3.52. The van der Waals surface area contributed by atoms with Gasteiger partial charge in [-0.2, -0.15) is 0 Å². The summed E-state index contributed by atoms with van der Waals surface area (Å²) in [5.74, 6) is -1.94. The largest absolute Gasteiger partial charge is 0.480 e. The van der Waals surface area contributed by atoms with Gasteiger partial charge in [0, 0.05) is 0 Å². The minimum atomic E-state index is -3.82. The van der Waals surface area contributed by atoms with E-state index in [2.05, 4.69) is 4.72 Å². The predicted molar refractivity (Wildman–Crippen MR) is 69.9 cm³/mol. The number of carboxylic acid groups (broad SMARTS) is 1. The summed E-state index contributed by atoms with van der Waals surface area (Å²) >= 11 is 6.64. The van der Waals surface area contributed by atoms with Crippen LogP contribution in [0.3, 0.4) is 0 Å². The summed E-state index contributed by atoms with van der Waals surface area (Å²) in [6, 6.07) is 1.39. The molecule has 0 aliphatic heterocycles. The number of nitrogens with one attached hydrogen (secondary N) is 2. The number of amides is 1. The molecule has 1 rings (SSSR count). The molecule has 7 nitrogen and oxygen atoms in total. The fourth-order valence-corrected chi connectivity index (χ4v) is 3.77. The first-order valence-corrected chi connectivity index (χ1v) is 7.64. The second kappa shape index (κ2) is 6.33. The molecule has 1 heterocycles. The summed E-state index contributed by atoms with van der Waals surface area (Å²) in [4.78, 5) is 21.4. The van der Waals surface area contributed by atoms with Crippen molar-refractivity contribution >= 4 is 44.8 Å². The third-order valence-electron chi connectivity index (χ3n) is 1.96. The van der Waals surface area contributed by atoms with Gasteiger partial charge in [0.15, 0.2) is 0 Å². The third kappa shape index (κ3) is 4.78. The molecule has 3 N–H and O–H groups in total. The molecule has 1 aromatic heterocycles. The van der Waals surface area contributed by atoms with Crippen LogP contribution in [0.4, 0.5) is 0 Å². The Balaban J connectivity index is 2.61. The van der Waals surface area contributed by atoms with Crippen molar-refractivity contribution in [1.29, 1.82) is 0 Å². The minimum absolute atomic E-state index is 0.000958. The Kier molecular flexibility index (Phi) is 5.29. The van der Waals surface area contributed by atoms with E-state index in [9.17, 15) is 18.0 Å². The normalized spacial score (nSPS) is 11.3. The maximum atomic E-state index is 11.8. The van der Waals surface area contributed by atoms with Crippen LogP contribution < -0.4 is 10.0 Å². The number of carbonyl (C=O) groups excluding carboxylic acids is 1. The van der Waals surface area contributed by atoms with E-state index in [1.807, 2.05) is 5.32 Å². The number of rotatable bonds is 6. The fourth-order valence-electron chi connectivity index (χ4n) is 1.03. The summed E-state index contributed by atoms with van der Waals surface area (Å²) in [7, 11) is -3.82. The van der Waals surface area contributed by atoms with Crippen LogP contribution >= 0.6 is 22.9 Å². The zero-order chi connectivity index (χ0) is 14.6. The van der Waals surface area contributed by atoms with E-state index in [4.69, 9.17) is 16.7 Å². The molecule has 0 bridgehead atoms. The Hall–Kier alpha value is -1.16. The number of carboxylic acids is 1. The van der Waals surface area contributed by atoms with Gasteiger partial charge in [0.25, 0.3) is 10.0 Å². The Labute approximate surface area is 118 Å². The van der Waals surface area contributed by atoms with Gasteiger partial charge in [-0.05, 0) is 18.6 Å². The van der Waals surface area contributed by atoms with E-state index in [1.165, 1.54) is 6.07 Å². The molecular weight excluding hydrogens is 316 g/mol. The van der Waals surface area contributed by atoms with E-state index in [0.717, 1.165) is 11.3 Å². The van der Waals surface area contributed by atoms with E-state index in [1.54, 1.807) is 6.92 Å².